The summed E-state index contributed by atoms with van der Waals surface area (Å²) in [6.07, 6.45) is 5.46. The molecule has 130 valence electrons. The zero-order valence-electron chi connectivity index (χ0n) is 14.6. The maximum Gasteiger partial charge on any atom is 0.240 e. The number of hydrogen-bond donors (Lipinski definition) is 0. The lowest BCUT2D eigenvalue weighted by atomic mass is 10.1. The maximum absolute atomic E-state index is 12.8. The van der Waals surface area contributed by atoms with Crippen molar-refractivity contribution in [3.05, 3.63) is 36.2 Å². The van der Waals surface area contributed by atoms with E-state index in [4.69, 9.17) is 9.47 Å². The van der Waals surface area contributed by atoms with Crippen LogP contribution in [-0.2, 0) is 18.4 Å². The fourth-order valence-corrected chi connectivity index (χ4v) is 2.65. The summed E-state index contributed by atoms with van der Waals surface area (Å²) >= 11 is 1.52. The van der Waals surface area contributed by atoms with E-state index in [0.717, 1.165) is 11.3 Å². The quantitative estimate of drug-likeness (QED) is 0.769. The minimum absolute atomic E-state index is 0.0355. The Labute approximate surface area is 146 Å². The van der Waals surface area contributed by atoms with Crippen LogP contribution in [0, 0.1) is 0 Å². The van der Waals surface area contributed by atoms with Crippen molar-refractivity contribution in [2.24, 2.45) is 7.05 Å². The molecule has 0 saturated carbocycles. The van der Waals surface area contributed by atoms with Gasteiger partial charge in [-0.15, -0.1) is 0 Å². The van der Waals surface area contributed by atoms with Crippen LogP contribution in [0.5, 0.6) is 11.5 Å². The number of aromatic nitrogens is 2. The first-order chi connectivity index (χ1) is 11.5. The summed E-state index contributed by atoms with van der Waals surface area (Å²) in [4.78, 5) is 14.5. The molecule has 7 heteroatoms. The second-order valence-electron chi connectivity index (χ2n) is 5.35. The molecule has 0 aliphatic carbocycles. The summed E-state index contributed by atoms with van der Waals surface area (Å²) < 4.78 is 12.4. The van der Waals surface area contributed by atoms with Gasteiger partial charge in [-0.1, -0.05) is 0 Å². The molecule has 2 aromatic rings. The zero-order chi connectivity index (χ0) is 17.7. The van der Waals surface area contributed by atoms with Crippen LogP contribution < -0.4 is 14.4 Å². The van der Waals surface area contributed by atoms with Gasteiger partial charge in [-0.25, -0.2) is 0 Å². The van der Waals surface area contributed by atoms with E-state index in [1.165, 1.54) is 11.8 Å². The number of nitrogens with zero attached hydrogens (tertiary/aromatic N) is 3. The Kier molecular flexibility index (Phi) is 6.14. The molecule has 1 amide bonds. The molecule has 0 radical (unpaired) electrons. The Hall–Kier alpha value is -2.15. The lowest BCUT2D eigenvalue weighted by molar-refractivity contribution is -0.118. The van der Waals surface area contributed by atoms with Crippen LogP contribution in [0.2, 0.25) is 0 Å². The van der Waals surface area contributed by atoms with Gasteiger partial charge in [0.25, 0.3) is 0 Å². The standard InChI is InChI=1S/C17H23N3O3S/c1-12(24-5)17(21)20(14-9-18-19(2)11-14)10-13-6-7-15(22-3)8-16(13)23-4/h6-9,11-12H,10H2,1-5H3/t12-/m1/s1. The fraction of sp³-hybridized carbons (Fsp3) is 0.412. The number of anilines is 1. The molecule has 6 nitrogen and oxygen atoms in total. The van der Waals surface area contributed by atoms with E-state index in [1.54, 1.807) is 30.0 Å². The Morgan fingerprint density at radius 1 is 1.38 bits per heavy atom. The van der Waals surface area contributed by atoms with E-state index in [1.807, 2.05) is 44.6 Å². The number of benzene rings is 1. The van der Waals surface area contributed by atoms with E-state index >= 15 is 0 Å². The number of rotatable bonds is 7. The van der Waals surface area contributed by atoms with Crippen LogP contribution in [-0.4, -0.2) is 41.4 Å². The Bertz CT molecular complexity index is 702. The molecule has 1 aromatic carbocycles. The first kappa shape index (κ1) is 18.2. The van der Waals surface area contributed by atoms with Gasteiger partial charge in [-0.05, 0) is 25.3 Å². The second kappa shape index (κ2) is 8.10. The summed E-state index contributed by atoms with van der Waals surface area (Å²) in [5.74, 6) is 1.44. The third-order valence-electron chi connectivity index (χ3n) is 3.79. The highest BCUT2D eigenvalue weighted by Crippen LogP contribution is 2.28. The molecule has 2 rings (SSSR count). The molecule has 1 aromatic heterocycles. The van der Waals surface area contributed by atoms with Gasteiger partial charge in [-0.2, -0.15) is 16.9 Å². The number of amides is 1. The van der Waals surface area contributed by atoms with E-state index in [2.05, 4.69) is 5.10 Å². The van der Waals surface area contributed by atoms with Crippen molar-refractivity contribution in [3.63, 3.8) is 0 Å². The predicted octanol–water partition coefficient (Wildman–Crippen LogP) is 2.72. The van der Waals surface area contributed by atoms with E-state index in [9.17, 15) is 4.79 Å². The highest BCUT2D eigenvalue weighted by Gasteiger charge is 2.24. The topological polar surface area (TPSA) is 56.6 Å². The van der Waals surface area contributed by atoms with Crippen LogP contribution in [0.15, 0.2) is 30.6 Å². The van der Waals surface area contributed by atoms with Crippen molar-refractivity contribution in [2.45, 2.75) is 18.7 Å². The molecular weight excluding hydrogens is 326 g/mol. The predicted molar refractivity (Wildman–Crippen MR) is 96.9 cm³/mol. The van der Waals surface area contributed by atoms with E-state index in [-0.39, 0.29) is 11.2 Å². The maximum atomic E-state index is 12.8. The lowest BCUT2D eigenvalue weighted by Crippen LogP contribution is -2.36. The minimum Gasteiger partial charge on any atom is -0.497 e. The number of carbonyl (C=O) groups excluding carboxylic acids is 1. The second-order valence-corrected chi connectivity index (χ2v) is 6.53. The van der Waals surface area contributed by atoms with Crippen molar-refractivity contribution in [1.29, 1.82) is 0 Å². The third kappa shape index (κ3) is 4.03. The minimum atomic E-state index is -0.144. The molecule has 0 saturated heterocycles. The van der Waals surface area contributed by atoms with Crippen molar-refractivity contribution in [3.8, 4) is 11.5 Å². The molecule has 0 aliphatic heterocycles. The first-order valence-electron chi connectivity index (χ1n) is 7.53. The Morgan fingerprint density at radius 2 is 2.12 bits per heavy atom. The van der Waals surface area contributed by atoms with Gasteiger partial charge in [0.1, 0.15) is 11.5 Å². The fourth-order valence-electron chi connectivity index (χ4n) is 2.32. The van der Waals surface area contributed by atoms with Crippen molar-refractivity contribution < 1.29 is 14.3 Å². The average Bonchev–Trinajstić information content (AvgIpc) is 3.04. The summed E-state index contributed by atoms with van der Waals surface area (Å²) in [6, 6.07) is 5.60. The Morgan fingerprint density at radius 3 is 2.67 bits per heavy atom. The van der Waals surface area contributed by atoms with Gasteiger partial charge in [-0.3, -0.25) is 9.48 Å². The van der Waals surface area contributed by atoms with Crippen LogP contribution in [0.25, 0.3) is 0 Å². The normalized spacial score (nSPS) is 11.9. The molecule has 24 heavy (non-hydrogen) atoms. The molecule has 0 fully saturated rings. The monoisotopic (exact) mass is 349 g/mol. The summed E-state index contributed by atoms with van der Waals surface area (Å²) in [7, 11) is 5.05. The van der Waals surface area contributed by atoms with Gasteiger partial charge >= 0.3 is 0 Å². The smallest absolute Gasteiger partial charge is 0.240 e. The zero-order valence-corrected chi connectivity index (χ0v) is 15.5. The Balaban J connectivity index is 2.36. The van der Waals surface area contributed by atoms with Crippen LogP contribution >= 0.6 is 11.8 Å². The van der Waals surface area contributed by atoms with Gasteiger partial charge in [0.2, 0.25) is 5.91 Å². The number of carbonyl (C=O) groups is 1. The number of aryl methyl sites for hydroxylation is 1. The number of ether oxygens (including phenoxy) is 2. The largest absolute Gasteiger partial charge is 0.497 e. The van der Waals surface area contributed by atoms with Crippen molar-refractivity contribution >= 4 is 23.4 Å². The van der Waals surface area contributed by atoms with E-state index in [0.29, 0.717) is 18.0 Å². The van der Waals surface area contributed by atoms with Crippen LogP contribution in [0.3, 0.4) is 0 Å². The highest BCUT2D eigenvalue weighted by molar-refractivity contribution is 7.99. The SMILES string of the molecule is COc1ccc(CN(C(=O)[C@@H](C)SC)c2cnn(C)c2)c(OC)c1. The van der Waals surface area contributed by atoms with Crippen LogP contribution in [0.4, 0.5) is 5.69 Å². The molecule has 1 atom stereocenters. The molecule has 0 N–H and O–H groups in total. The summed E-state index contributed by atoms with van der Waals surface area (Å²) in [5.41, 5.74) is 1.67. The average molecular weight is 349 g/mol. The third-order valence-corrected chi connectivity index (χ3v) is 4.70. The molecule has 0 spiro atoms. The molecule has 0 unspecified atom stereocenters. The van der Waals surface area contributed by atoms with Crippen LogP contribution in [0.1, 0.15) is 12.5 Å². The number of thioether (sulfide) groups is 1. The molecule has 1 heterocycles. The van der Waals surface area contributed by atoms with Gasteiger partial charge in [0.05, 0.1) is 37.9 Å². The van der Waals surface area contributed by atoms with Gasteiger partial charge in [0.15, 0.2) is 0 Å². The van der Waals surface area contributed by atoms with Gasteiger partial charge < -0.3 is 14.4 Å². The first-order valence-corrected chi connectivity index (χ1v) is 8.82. The summed E-state index contributed by atoms with van der Waals surface area (Å²) in [5, 5.41) is 4.04. The molecule has 0 aliphatic rings. The van der Waals surface area contributed by atoms with Crippen molar-refractivity contribution in [1.82, 2.24) is 9.78 Å². The van der Waals surface area contributed by atoms with Gasteiger partial charge in [0, 0.05) is 24.9 Å². The molecule has 0 bridgehead atoms. The highest BCUT2D eigenvalue weighted by atomic mass is 32.2. The number of hydrogen-bond acceptors (Lipinski definition) is 5. The molecular formula is C17H23N3O3S. The number of methoxy groups -OCH3 is 2. The van der Waals surface area contributed by atoms with Crippen molar-refractivity contribution in [2.75, 3.05) is 25.4 Å². The lowest BCUT2D eigenvalue weighted by Gasteiger charge is -2.25. The van der Waals surface area contributed by atoms with E-state index < -0.39 is 0 Å². The summed E-state index contributed by atoms with van der Waals surface area (Å²) in [6.45, 7) is 2.31.